The number of hydrogen-bond donors (Lipinski definition) is 0. The van der Waals surface area contributed by atoms with E-state index in [0.717, 1.165) is 38.9 Å². The van der Waals surface area contributed by atoms with Crippen molar-refractivity contribution in [3.63, 3.8) is 0 Å². The number of nitrogens with zero attached hydrogens (tertiary/aromatic N) is 1. The Hall–Kier alpha value is -0.570. The SMILES string of the molecule is CCOC(=O)C1(CC)CCN(CC(C)C)CC1. The number of carbonyl (C=O) groups is 1. The smallest absolute Gasteiger partial charge is 0.312 e. The molecule has 0 bridgehead atoms. The molecule has 0 aliphatic carbocycles. The summed E-state index contributed by atoms with van der Waals surface area (Å²) in [6, 6.07) is 0. The quantitative estimate of drug-likeness (QED) is 0.693. The zero-order valence-electron chi connectivity index (χ0n) is 11.8. The first-order valence-electron chi connectivity index (χ1n) is 6.93. The second-order valence-electron chi connectivity index (χ2n) is 5.55. The lowest BCUT2D eigenvalue weighted by atomic mass is 9.76. The Bertz CT molecular complexity index is 243. The average molecular weight is 241 g/mol. The molecule has 0 radical (unpaired) electrons. The van der Waals surface area contributed by atoms with E-state index in [1.165, 1.54) is 0 Å². The minimum absolute atomic E-state index is 0.0201. The molecule has 0 unspecified atom stereocenters. The summed E-state index contributed by atoms with van der Waals surface area (Å²) in [6.45, 7) is 12.2. The van der Waals surface area contributed by atoms with Gasteiger partial charge in [0.15, 0.2) is 0 Å². The van der Waals surface area contributed by atoms with Crippen molar-refractivity contribution in [1.29, 1.82) is 0 Å². The molecular weight excluding hydrogens is 214 g/mol. The molecule has 3 heteroatoms. The van der Waals surface area contributed by atoms with Gasteiger partial charge in [0.2, 0.25) is 0 Å². The molecule has 3 nitrogen and oxygen atoms in total. The highest BCUT2D eigenvalue weighted by molar-refractivity contribution is 5.77. The first kappa shape index (κ1) is 14.5. The maximum Gasteiger partial charge on any atom is 0.312 e. The largest absolute Gasteiger partial charge is 0.466 e. The topological polar surface area (TPSA) is 29.5 Å². The fraction of sp³-hybridized carbons (Fsp3) is 0.929. The Balaban J connectivity index is 2.53. The molecule has 17 heavy (non-hydrogen) atoms. The van der Waals surface area contributed by atoms with Gasteiger partial charge in [-0.3, -0.25) is 4.79 Å². The summed E-state index contributed by atoms with van der Waals surface area (Å²) in [4.78, 5) is 14.5. The monoisotopic (exact) mass is 241 g/mol. The van der Waals surface area contributed by atoms with Crippen molar-refractivity contribution in [2.75, 3.05) is 26.2 Å². The van der Waals surface area contributed by atoms with Crippen LogP contribution in [0.1, 0.15) is 47.0 Å². The van der Waals surface area contributed by atoms with Gasteiger partial charge in [0.25, 0.3) is 0 Å². The fourth-order valence-corrected chi connectivity index (χ4v) is 2.67. The predicted octanol–water partition coefficient (Wildman–Crippen LogP) is 2.70. The van der Waals surface area contributed by atoms with Gasteiger partial charge in [0.1, 0.15) is 0 Å². The van der Waals surface area contributed by atoms with E-state index in [1.54, 1.807) is 0 Å². The third-order valence-corrected chi connectivity index (χ3v) is 3.82. The van der Waals surface area contributed by atoms with Gasteiger partial charge in [-0.05, 0) is 45.2 Å². The van der Waals surface area contributed by atoms with Crippen molar-refractivity contribution in [3.05, 3.63) is 0 Å². The third kappa shape index (κ3) is 3.70. The number of esters is 1. The summed E-state index contributed by atoms with van der Waals surface area (Å²) < 4.78 is 5.23. The Morgan fingerprint density at radius 2 is 1.88 bits per heavy atom. The van der Waals surface area contributed by atoms with Crippen LogP contribution in [0.5, 0.6) is 0 Å². The summed E-state index contributed by atoms with van der Waals surface area (Å²) in [7, 11) is 0. The maximum absolute atomic E-state index is 12.0. The van der Waals surface area contributed by atoms with Crippen molar-refractivity contribution < 1.29 is 9.53 Å². The number of carbonyl (C=O) groups excluding carboxylic acids is 1. The predicted molar refractivity (Wildman–Crippen MR) is 69.9 cm³/mol. The normalized spacial score (nSPS) is 20.5. The van der Waals surface area contributed by atoms with E-state index in [1.807, 2.05) is 6.92 Å². The van der Waals surface area contributed by atoms with Crippen LogP contribution in [0.2, 0.25) is 0 Å². The van der Waals surface area contributed by atoms with Crippen molar-refractivity contribution in [3.8, 4) is 0 Å². The molecule has 0 spiro atoms. The Kier molecular flexibility index (Phi) is 5.44. The molecule has 0 amide bonds. The molecule has 0 saturated carbocycles. The van der Waals surface area contributed by atoms with Crippen LogP contribution in [0.3, 0.4) is 0 Å². The van der Waals surface area contributed by atoms with Gasteiger partial charge in [-0.25, -0.2) is 0 Å². The summed E-state index contributed by atoms with van der Waals surface area (Å²) in [6.07, 6.45) is 2.81. The third-order valence-electron chi connectivity index (χ3n) is 3.82. The zero-order valence-corrected chi connectivity index (χ0v) is 11.8. The van der Waals surface area contributed by atoms with Gasteiger partial charge >= 0.3 is 5.97 Å². The Labute approximate surface area is 106 Å². The van der Waals surface area contributed by atoms with Crippen LogP contribution in [0, 0.1) is 11.3 Å². The molecule has 0 N–H and O–H groups in total. The van der Waals surface area contributed by atoms with E-state index in [-0.39, 0.29) is 11.4 Å². The molecule has 0 aromatic carbocycles. The first-order chi connectivity index (χ1) is 8.04. The summed E-state index contributed by atoms with van der Waals surface area (Å²) in [5.74, 6) is 0.721. The number of ether oxygens (including phenoxy) is 1. The van der Waals surface area contributed by atoms with Gasteiger partial charge in [0, 0.05) is 6.54 Å². The van der Waals surface area contributed by atoms with Crippen LogP contribution in [-0.4, -0.2) is 37.1 Å². The van der Waals surface area contributed by atoms with Gasteiger partial charge in [-0.1, -0.05) is 20.8 Å². The second kappa shape index (κ2) is 6.39. The number of hydrogen-bond acceptors (Lipinski definition) is 3. The van der Waals surface area contributed by atoms with Gasteiger partial charge in [-0.15, -0.1) is 0 Å². The molecule has 1 heterocycles. The lowest BCUT2D eigenvalue weighted by Gasteiger charge is -2.39. The molecule has 1 aliphatic heterocycles. The van der Waals surface area contributed by atoms with Crippen LogP contribution >= 0.6 is 0 Å². The lowest BCUT2D eigenvalue weighted by Crippen LogP contribution is -2.45. The van der Waals surface area contributed by atoms with Crippen molar-refractivity contribution in [2.24, 2.45) is 11.3 Å². The van der Waals surface area contributed by atoms with Crippen LogP contribution < -0.4 is 0 Å². The van der Waals surface area contributed by atoms with E-state index in [9.17, 15) is 4.79 Å². The molecule has 0 aromatic rings. The van der Waals surface area contributed by atoms with E-state index in [2.05, 4.69) is 25.7 Å². The highest BCUT2D eigenvalue weighted by atomic mass is 16.5. The van der Waals surface area contributed by atoms with Crippen molar-refractivity contribution in [1.82, 2.24) is 4.90 Å². The van der Waals surface area contributed by atoms with Gasteiger partial charge < -0.3 is 9.64 Å². The van der Waals surface area contributed by atoms with E-state index in [0.29, 0.717) is 12.5 Å². The van der Waals surface area contributed by atoms with Crippen LogP contribution in [-0.2, 0) is 9.53 Å². The Morgan fingerprint density at radius 1 is 1.29 bits per heavy atom. The van der Waals surface area contributed by atoms with Gasteiger partial charge in [0.05, 0.1) is 12.0 Å². The molecule has 1 fully saturated rings. The zero-order chi connectivity index (χ0) is 12.9. The molecular formula is C14H27NO2. The minimum atomic E-state index is -0.205. The lowest BCUT2D eigenvalue weighted by molar-refractivity contribution is -0.159. The maximum atomic E-state index is 12.0. The van der Waals surface area contributed by atoms with E-state index < -0.39 is 0 Å². The number of piperidine rings is 1. The number of rotatable bonds is 5. The molecule has 0 atom stereocenters. The first-order valence-corrected chi connectivity index (χ1v) is 6.93. The standard InChI is InChI=1S/C14H27NO2/c1-5-14(13(16)17-6-2)7-9-15(10-8-14)11-12(3)4/h12H,5-11H2,1-4H3. The molecule has 0 aromatic heterocycles. The average Bonchev–Trinajstić information content (AvgIpc) is 2.30. The van der Waals surface area contributed by atoms with Crippen LogP contribution in [0.4, 0.5) is 0 Å². The summed E-state index contributed by atoms with van der Waals surface area (Å²) >= 11 is 0. The van der Waals surface area contributed by atoms with Crippen molar-refractivity contribution >= 4 is 5.97 Å². The fourth-order valence-electron chi connectivity index (χ4n) is 2.67. The molecule has 1 saturated heterocycles. The summed E-state index contributed by atoms with van der Waals surface area (Å²) in [5, 5.41) is 0. The highest BCUT2D eigenvalue weighted by Gasteiger charge is 2.40. The molecule has 1 aliphatic rings. The van der Waals surface area contributed by atoms with E-state index >= 15 is 0 Å². The van der Waals surface area contributed by atoms with Gasteiger partial charge in [-0.2, -0.15) is 0 Å². The second-order valence-corrected chi connectivity index (χ2v) is 5.55. The van der Waals surface area contributed by atoms with Crippen molar-refractivity contribution in [2.45, 2.75) is 47.0 Å². The minimum Gasteiger partial charge on any atom is -0.466 e. The molecule has 1 rings (SSSR count). The molecule has 100 valence electrons. The highest BCUT2D eigenvalue weighted by Crippen LogP contribution is 2.36. The van der Waals surface area contributed by atoms with E-state index in [4.69, 9.17) is 4.74 Å². The van der Waals surface area contributed by atoms with Crippen LogP contribution in [0.25, 0.3) is 0 Å². The Morgan fingerprint density at radius 3 is 2.29 bits per heavy atom. The van der Waals surface area contributed by atoms with Crippen LogP contribution in [0.15, 0.2) is 0 Å². The summed E-state index contributed by atoms with van der Waals surface area (Å²) in [5.41, 5.74) is -0.205. The number of likely N-dealkylation sites (tertiary alicyclic amines) is 1.